The number of urea groups is 1. The number of amides is 2. The van der Waals surface area contributed by atoms with E-state index in [1.54, 1.807) is 12.1 Å². The molecule has 3 aromatic rings. The van der Waals surface area contributed by atoms with Gasteiger partial charge in [0.05, 0.1) is 11.5 Å². The largest absolute Gasteiger partial charge is 0.361 e. The van der Waals surface area contributed by atoms with E-state index in [9.17, 15) is 13.2 Å². The normalized spacial score (nSPS) is 18.9. The van der Waals surface area contributed by atoms with Gasteiger partial charge in [-0.3, -0.25) is 0 Å². The van der Waals surface area contributed by atoms with Gasteiger partial charge in [0.2, 0.25) is 0 Å². The Hall–Kier alpha value is -2.22. The predicted octanol–water partition coefficient (Wildman–Crippen LogP) is 4.09. The molecule has 2 unspecified atom stereocenters. The van der Waals surface area contributed by atoms with E-state index in [-0.39, 0.29) is 30.0 Å². The van der Waals surface area contributed by atoms with Crippen molar-refractivity contribution in [3.8, 4) is 0 Å². The number of sulfone groups is 1. The third kappa shape index (κ3) is 4.58. The molecule has 9 heteroatoms. The molecular weight excluding hydrogens is 445 g/mol. The van der Waals surface area contributed by atoms with Crippen LogP contribution in [0.15, 0.2) is 48.7 Å². The molecule has 30 heavy (non-hydrogen) atoms. The summed E-state index contributed by atoms with van der Waals surface area (Å²) in [5.74, 6) is -0.130. The van der Waals surface area contributed by atoms with E-state index < -0.39 is 15.9 Å². The summed E-state index contributed by atoms with van der Waals surface area (Å²) in [6.07, 6.45) is 2.36. The number of aromatic nitrogens is 1. The van der Waals surface area contributed by atoms with E-state index in [0.29, 0.717) is 16.5 Å². The summed E-state index contributed by atoms with van der Waals surface area (Å²) >= 11 is 12.6. The minimum atomic E-state index is -3.06. The van der Waals surface area contributed by atoms with Crippen LogP contribution in [0.25, 0.3) is 10.9 Å². The Morgan fingerprint density at radius 3 is 2.70 bits per heavy atom. The molecule has 4 rings (SSSR count). The maximum atomic E-state index is 12.4. The van der Waals surface area contributed by atoms with Crippen LogP contribution in [0, 0.1) is 0 Å². The Morgan fingerprint density at radius 2 is 1.97 bits per heavy atom. The second kappa shape index (κ2) is 8.49. The van der Waals surface area contributed by atoms with E-state index >= 15 is 0 Å². The van der Waals surface area contributed by atoms with Gasteiger partial charge in [-0.2, -0.15) is 0 Å². The van der Waals surface area contributed by atoms with Crippen molar-refractivity contribution in [2.45, 2.75) is 18.4 Å². The molecule has 1 aliphatic heterocycles. The second-order valence-electron chi connectivity index (χ2n) is 7.46. The van der Waals surface area contributed by atoms with Crippen LogP contribution in [0.2, 0.25) is 10.0 Å². The van der Waals surface area contributed by atoms with Gasteiger partial charge in [-0.1, -0.05) is 47.5 Å². The highest BCUT2D eigenvalue weighted by Gasteiger charge is 2.29. The second-order valence-corrected chi connectivity index (χ2v) is 10.5. The highest BCUT2D eigenvalue weighted by molar-refractivity contribution is 7.91. The molecular formula is C21H21Cl2N3O3S. The summed E-state index contributed by atoms with van der Waals surface area (Å²) in [6.45, 7) is 0.286. The first-order valence-electron chi connectivity index (χ1n) is 9.58. The maximum absolute atomic E-state index is 12.4. The molecule has 1 saturated heterocycles. The minimum absolute atomic E-state index is 0.0185. The van der Waals surface area contributed by atoms with Gasteiger partial charge < -0.3 is 15.6 Å². The molecule has 1 fully saturated rings. The Morgan fingerprint density at radius 1 is 1.17 bits per heavy atom. The van der Waals surface area contributed by atoms with Crippen LogP contribution in [0.5, 0.6) is 0 Å². The Labute approximate surface area is 184 Å². The van der Waals surface area contributed by atoms with E-state index in [1.165, 1.54) is 0 Å². The summed E-state index contributed by atoms with van der Waals surface area (Å²) in [5.41, 5.74) is 2.83. The Bertz CT molecular complexity index is 1190. The molecule has 3 N–H and O–H groups in total. The van der Waals surface area contributed by atoms with Crippen molar-refractivity contribution in [3.63, 3.8) is 0 Å². The van der Waals surface area contributed by atoms with Gasteiger partial charge in [0.1, 0.15) is 0 Å². The zero-order valence-corrected chi connectivity index (χ0v) is 18.3. The van der Waals surface area contributed by atoms with Crippen LogP contribution in [0.4, 0.5) is 4.79 Å². The molecule has 0 bridgehead atoms. The first-order chi connectivity index (χ1) is 14.3. The molecule has 2 atom stereocenters. The standard InChI is InChI=1S/C21H21Cl2N3O3S/c22-13-5-6-15(19(23)9-13)17(18-10-24-20-4-2-1-3-16(18)20)11-25-21(27)26-14-7-8-30(28,29)12-14/h1-6,9-10,14,17,24H,7-8,11-12H2,(H2,25,26,27). The molecule has 1 aromatic heterocycles. The quantitative estimate of drug-likeness (QED) is 0.529. The molecule has 0 spiro atoms. The van der Waals surface area contributed by atoms with Crippen LogP contribution < -0.4 is 10.6 Å². The lowest BCUT2D eigenvalue weighted by molar-refractivity contribution is 0.237. The van der Waals surface area contributed by atoms with Crippen molar-refractivity contribution < 1.29 is 13.2 Å². The van der Waals surface area contributed by atoms with E-state index in [4.69, 9.17) is 23.2 Å². The molecule has 2 amide bonds. The van der Waals surface area contributed by atoms with Crippen molar-refractivity contribution in [2.75, 3.05) is 18.1 Å². The number of hydrogen-bond donors (Lipinski definition) is 3. The fraction of sp³-hybridized carbons (Fsp3) is 0.286. The zero-order valence-electron chi connectivity index (χ0n) is 16.0. The summed E-state index contributed by atoms with van der Waals surface area (Å²) < 4.78 is 23.2. The topological polar surface area (TPSA) is 91.1 Å². The van der Waals surface area contributed by atoms with Gasteiger partial charge in [0, 0.05) is 45.6 Å². The zero-order chi connectivity index (χ0) is 21.3. The van der Waals surface area contributed by atoms with Gasteiger partial charge in [-0.25, -0.2) is 13.2 Å². The molecule has 2 heterocycles. The van der Waals surface area contributed by atoms with Gasteiger partial charge in [0.15, 0.2) is 9.84 Å². The lowest BCUT2D eigenvalue weighted by atomic mass is 9.91. The lowest BCUT2D eigenvalue weighted by Crippen LogP contribution is -2.44. The number of carbonyl (C=O) groups is 1. The first-order valence-corrected chi connectivity index (χ1v) is 12.2. The summed E-state index contributed by atoms with van der Waals surface area (Å²) in [5, 5.41) is 7.73. The Kier molecular flexibility index (Phi) is 5.95. The van der Waals surface area contributed by atoms with E-state index in [0.717, 1.165) is 22.0 Å². The molecule has 0 saturated carbocycles. The number of fused-ring (bicyclic) bond motifs is 1. The number of rotatable bonds is 5. The smallest absolute Gasteiger partial charge is 0.315 e. The number of benzene rings is 2. The predicted molar refractivity (Wildman–Crippen MR) is 120 cm³/mol. The van der Waals surface area contributed by atoms with Crippen molar-refractivity contribution in [1.82, 2.24) is 15.6 Å². The van der Waals surface area contributed by atoms with Crippen LogP contribution in [0.1, 0.15) is 23.5 Å². The number of nitrogens with one attached hydrogen (secondary N) is 3. The van der Waals surface area contributed by atoms with Gasteiger partial charge >= 0.3 is 6.03 Å². The minimum Gasteiger partial charge on any atom is -0.361 e. The van der Waals surface area contributed by atoms with Gasteiger partial charge in [-0.05, 0) is 35.7 Å². The summed E-state index contributed by atoms with van der Waals surface area (Å²) in [6, 6.07) is 12.5. The molecule has 6 nitrogen and oxygen atoms in total. The first kappa shape index (κ1) is 21.0. The Balaban J connectivity index is 1.57. The van der Waals surface area contributed by atoms with E-state index in [1.807, 2.05) is 36.5 Å². The van der Waals surface area contributed by atoms with Crippen LogP contribution in [-0.2, 0) is 9.84 Å². The monoisotopic (exact) mass is 465 g/mol. The number of hydrogen-bond acceptors (Lipinski definition) is 3. The summed E-state index contributed by atoms with van der Waals surface area (Å²) in [4.78, 5) is 15.7. The van der Waals surface area contributed by atoms with Crippen LogP contribution in [0.3, 0.4) is 0 Å². The lowest BCUT2D eigenvalue weighted by Gasteiger charge is -2.20. The number of halogens is 2. The molecule has 2 aromatic carbocycles. The van der Waals surface area contributed by atoms with Crippen molar-refractivity contribution in [2.24, 2.45) is 0 Å². The third-order valence-corrected chi connectivity index (χ3v) is 7.70. The number of H-pyrrole nitrogens is 1. The number of para-hydroxylation sites is 1. The molecule has 158 valence electrons. The van der Waals surface area contributed by atoms with Gasteiger partial charge in [-0.15, -0.1) is 0 Å². The summed E-state index contributed by atoms with van der Waals surface area (Å²) in [7, 11) is -3.06. The third-order valence-electron chi connectivity index (χ3n) is 5.37. The molecule has 0 radical (unpaired) electrons. The SMILES string of the molecule is O=C(NCC(c1ccc(Cl)cc1Cl)c1c[nH]c2ccccc12)NC1CCS(=O)(=O)C1. The fourth-order valence-electron chi connectivity index (χ4n) is 3.89. The average molecular weight is 466 g/mol. The number of aromatic amines is 1. The molecule has 0 aliphatic carbocycles. The van der Waals surface area contributed by atoms with Crippen LogP contribution in [-0.4, -0.2) is 43.5 Å². The number of carbonyl (C=O) groups excluding carboxylic acids is 1. The van der Waals surface area contributed by atoms with Crippen molar-refractivity contribution in [3.05, 3.63) is 69.8 Å². The van der Waals surface area contributed by atoms with E-state index in [2.05, 4.69) is 15.6 Å². The van der Waals surface area contributed by atoms with Crippen molar-refractivity contribution in [1.29, 1.82) is 0 Å². The highest BCUT2D eigenvalue weighted by atomic mass is 35.5. The fourth-order valence-corrected chi connectivity index (χ4v) is 6.11. The molecule has 1 aliphatic rings. The van der Waals surface area contributed by atoms with Crippen LogP contribution >= 0.6 is 23.2 Å². The van der Waals surface area contributed by atoms with Gasteiger partial charge in [0.25, 0.3) is 0 Å². The maximum Gasteiger partial charge on any atom is 0.315 e. The van der Waals surface area contributed by atoms with Crippen molar-refractivity contribution >= 4 is 50.0 Å². The highest BCUT2D eigenvalue weighted by Crippen LogP contribution is 2.35. The average Bonchev–Trinajstić information content (AvgIpc) is 3.26.